The van der Waals surface area contributed by atoms with E-state index < -0.39 is 70.1 Å². The first kappa shape index (κ1) is 27.4. The van der Waals surface area contributed by atoms with Gasteiger partial charge in [-0.15, -0.1) is 0 Å². The van der Waals surface area contributed by atoms with Gasteiger partial charge in [-0.25, -0.2) is 0 Å². The van der Waals surface area contributed by atoms with Gasteiger partial charge in [0.15, 0.2) is 34.7 Å². The summed E-state index contributed by atoms with van der Waals surface area (Å²) in [7, 11) is 6.57. The zero-order valence-corrected chi connectivity index (χ0v) is 21.9. The Labute approximate surface area is 219 Å². The molecule has 3 unspecified atom stereocenters. The van der Waals surface area contributed by atoms with Gasteiger partial charge in [-0.2, -0.15) is 0 Å². The molecule has 0 aliphatic heterocycles. The summed E-state index contributed by atoms with van der Waals surface area (Å²) < 4.78 is 0. The molecule has 1 aromatic rings. The second-order valence-electron chi connectivity index (χ2n) is 10.9. The number of ketones is 4. The number of aliphatic hydroxyl groups is 1. The van der Waals surface area contributed by atoms with Gasteiger partial charge in [-0.1, -0.05) is 0 Å². The van der Waals surface area contributed by atoms with Crippen molar-refractivity contribution in [2.45, 2.75) is 38.0 Å². The monoisotopic (exact) mass is 528 g/mol. The van der Waals surface area contributed by atoms with E-state index in [0.717, 1.165) is 0 Å². The molecule has 0 aromatic heterocycles. The fraction of sp³-hybridized carbons (Fsp3) is 0.538. The molecule has 2 amide bonds. The molecule has 12 heteroatoms. The molecule has 2 saturated carbocycles. The molecule has 5 N–H and O–H groups in total. The van der Waals surface area contributed by atoms with Gasteiger partial charge in [0.05, 0.1) is 17.5 Å². The Bertz CT molecular complexity index is 1290. The number of amides is 2. The van der Waals surface area contributed by atoms with E-state index in [0.29, 0.717) is 11.3 Å². The van der Waals surface area contributed by atoms with Crippen LogP contribution in [0.5, 0.6) is 5.75 Å². The summed E-state index contributed by atoms with van der Waals surface area (Å²) in [6.45, 7) is 1.24. The summed E-state index contributed by atoms with van der Waals surface area (Å²) in [6, 6.07) is 0.505. The number of primary amides is 1. The quantitative estimate of drug-likeness (QED) is 0.330. The zero-order valence-electron chi connectivity index (χ0n) is 21.9. The number of hydrogen-bond donors (Lipinski definition) is 4. The van der Waals surface area contributed by atoms with Gasteiger partial charge in [0.2, 0.25) is 11.8 Å². The van der Waals surface area contributed by atoms with Crippen LogP contribution in [-0.4, -0.2) is 89.9 Å². The van der Waals surface area contributed by atoms with E-state index in [4.69, 9.17) is 5.73 Å². The van der Waals surface area contributed by atoms with E-state index >= 15 is 0 Å². The summed E-state index contributed by atoms with van der Waals surface area (Å²) in [4.78, 5) is 81.0. The van der Waals surface area contributed by atoms with Crippen LogP contribution < -0.4 is 16.0 Å². The molecule has 3 aliphatic rings. The van der Waals surface area contributed by atoms with Crippen LogP contribution in [-0.2, 0) is 36.9 Å². The van der Waals surface area contributed by atoms with Crippen LogP contribution in [0.1, 0.15) is 34.8 Å². The molecule has 3 aliphatic carbocycles. The average Bonchev–Trinajstić information content (AvgIpc) is 2.80. The molecule has 204 valence electrons. The van der Waals surface area contributed by atoms with Crippen molar-refractivity contribution in [3.63, 3.8) is 0 Å². The van der Waals surface area contributed by atoms with Gasteiger partial charge in [-0.05, 0) is 44.5 Å². The lowest BCUT2D eigenvalue weighted by molar-refractivity contribution is -0.181. The Morgan fingerprint density at radius 2 is 1.76 bits per heavy atom. The number of carbonyl (C=O) groups is 6. The van der Waals surface area contributed by atoms with E-state index in [-0.39, 0.29) is 36.4 Å². The normalized spacial score (nSPS) is 30.4. The predicted octanol–water partition coefficient (Wildman–Crippen LogP) is -1.43. The molecule has 12 nitrogen and oxygen atoms in total. The van der Waals surface area contributed by atoms with Crippen molar-refractivity contribution >= 4 is 40.6 Å². The van der Waals surface area contributed by atoms with Crippen LogP contribution in [0.2, 0.25) is 0 Å². The highest BCUT2D eigenvalue weighted by atomic mass is 16.3. The Morgan fingerprint density at radius 3 is 2.29 bits per heavy atom. The maximum Gasteiger partial charge on any atom is 0.235 e. The number of likely N-dealkylation sites (N-methyl/N-ethyl adjacent to an activating group) is 1. The fourth-order valence-corrected chi connectivity index (χ4v) is 6.46. The van der Waals surface area contributed by atoms with Gasteiger partial charge in [-0.3, -0.25) is 33.7 Å². The molecule has 0 bridgehead atoms. The van der Waals surface area contributed by atoms with Crippen LogP contribution in [0.15, 0.2) is 6.07 Å². The molecule has 1 aromatic carbocycles. The lowest BCUT2D eigenvalue weighted by Gasteiger charge is -2.52. The van der Waals surface area contributed by atoms with Gasteiger partial charge in [0, 0.05) is 44.7 Å². The number of benzene rings is 1. The number of phenols is 1. The molecule has 4 rings (SSSR count). The summed E-state index contributed by atoms with van der Waals surface area (Å²) in [5.74, 6) is -11.3. The Morgan fingerprint density at radius 1 is 1.13 bits per heavy atom. The van der Waals surface area contributed by atoms with Crippen LogP contribution >= 0.6 is 0 Å². The second kappa shape index (κ2) is 9.28. The molecule has 2 fully saturated rings. The summed E-state index contributed by atoms with van der Waals surface area (Å²) in [5, 5.41) is 25.3. The number of Topliss-reactive ketones (excluding diaryl/α,β-unsaturated/α-hetero) is 4. The molecule has 0 spiro atoms. The maximum atomic E-state index is 13.9. The second-order valence-corrected chi connectivity index (χ2v) is 10.9. The van der Waals surface area contributed by atoms with E-state index in [1.165, 1.54) is 25.9 Å². The predicted molar refractivity (Wildman–Crippen MR) is 133 cm³/mol. The number of nitrogens with one attached hydrogen (secondary N) is 1. The number of hydrogen-bond acceptors (Lipinski definition) is 10. The first-order chi connectivity index (χ1) is 17.6. The van der Waals surface area contributed by atoms with Crippen molar-refractivity contribution in [2.24, 2.45) is 29.4 Å². The third kappa shape index (κ3) is 3.81. The van der Waals surface area contributed by atoms with Crippen molar-refractivity contribution < 1.29 is 39.0 Å². The number of aromatic hydroxyl groups is 1. The molecule has 6 atom stereocenters. The topological polar surface area (TPSA) is 187 Å². The summed E-state index contributed by atoms with van der Waals surface area (Å²) in [5.41, 5.74) is 3.81. The van der Waals surface area contributed by atoms with Gasteiger partial charge in [0.1, 0.15) is 5.75 Å². The fourth-order valence-electron chi connectivity index (χ4n) is 6.46. The number of phenolic OH excluding ortho intramolecular Hbond substituents is 1. The maximum absolute atomic E-state index is 13.9. The lowest BCUT2D eigenvalue weighted by Crippen LogP contribution is -2.74. The van der Waals surface area contributed by atoms with Crippen molar-refractivity contribution in [1.29, 1.82) is 0 Å². The van der Waals surface area contributed by atoms with Crippen LogP contribution in [0.3, 0.4) is 0 Å². The largest absolute Gasteiger partial charge is 0.507 e. The molecular formula is C26H32N4O8. The number of nitrogens with zero attached hydrogens (tertiary/aromatic N) is 2. The number of carbonyl (C=O) groups excluding carboxylic acids is 6. The van der Waals surface area contributed by atoms with Crippen molar-refractivity contribution in [1.82, 2.24) is 10.2 Å². The summed E-state index contributed by atoms with van der Waals surface area (Å²) in [6.07, 6.45) is 0.137. The Balaban J connectivity index is 1.88. The highest BCUT2D eigenvalue weighted by molar-refractivity contribution is 6.32. The minimum Gasteiger partial charge on any atom is -0.507 e. The highest BCUT2D eigenvalue weighted by Crippen LogP contribution is 2.52. The number of rotatable bonds is 5. The standard InChI is InChI=1S/C26H32N4O8/c1-10(31)28-9-12-8-15(29(2)3)13-6-11-7-14-19(30(4)5)22(34)18(25(27)37)24(36)26(14,38)23(35)16(11)21(33)17(13)20(12)32/h8,11,14,16,18-19,32,38H,6-7,9H2,1-5H3,(H2,27,37)(H,28,31)/t11-,14-,16?,18?,19?,26-/m1/s1. The third-order valence-electron chi connectivity index (χ3n) is 8.13. The van der Waals surface area contributed by atoms with Gasteiger partial charge in [0.25, 0.3) is 0 Å². The van der Waals surface area contributed by atoms with Crippen LogP contribution in [0.4, 0.5) is 5.69 Å². The minimum absolute atomic E-state index is 0.0226. The van der Waals surface area contributed by atoms with E-state index in [1.54, 1.807) is 25.1 Å². The van der Waals surface area contributed by atoms with E-state index in [2.05, 4.69) is 5.32 Å². The number of anilines is 1. The zero-order chi connectivity index (χ0) is 28.4. The molecule has 0 saturated heterocycles. The van der Waals surface area contributed by atoms with Crippen LogP contribution in [0.25, 0.3) is 0 Å². The Hall–Kier alpha value is -3.64. The highest BCUT2D eigenvalue weighted by Gasteiger charge is 2.69. The molecule has 0 heterocycles. The van der Waals surface area contributed by atoms with Gasteiger partial charge >= 0.3 is 0 Å². The number of nitrogens with two attached hydrogens (primary N) is 1. The smallest absolute Gasteiger partial charge is 0.235 e. The van der Waals surface area contributed by atoms with E-state index in [9.17, 15) is 39.0 Å². The third-order valence-corrected chi connectivity index (χ3v) is 8.13. The minimum atomic E-state index is -2.77. The average molecular weight is 529 g/mol. The SMILES string of the molecule is CC(=O)NCc1cc(N(C)C)c2c(c1O)C(=O)C1C(=O)[C@@]3(O)C(=O)C(C(N)=O)C(=O)C(N(C)C)[C@H]3C[C@H]1C2. The van der Waals surface area contributed by atoms with E-state index in [1.807, 2.05) is 0 Å². The number of fused-ring (bicyclic) bond motifs is 3. The summed E-state index contributed by atoms with van der Waals surface area (Å²) >= 11 is 0. The van der Waals surface area contributed by atoms with Crippen molar-refractivity contribution in [2.75, 3.05) is 33.1 Å². The van der Waals surface area contributed by atoms with Gasteiger partial charge < -0.3 is 26.2 Å². The first-order valence-electron chi connectivity index (χ1n) is 12.3. The van der Waals surface area contributed by atoms with Crippen LogP contribution in [0, 0.1) is 23.7 Å². The lowest BCUT2D eigenvalue weighted by atomic mass is 9.52. The van der Waals surface area contributed by atoms with Crippen molar-refractivity contribution in [3.05, 3.63) is 22.8 Å². The Kier molecular flexibility index (Phi) is 6.69. The molecule has 38 heavy (non-hydrogen) atoms. The molecule has 0 radical (unpaired) electrons. The molecular weight excluding hydrogens is 496 g/mol. The first-order valence-corrected chi connectivity index (χ1v) is 12.3. The van der Waals surface area contributed by atoms with Crippen molar-refractivity contribution in [3.8, 4) is 5.75 Å².